The summed E-state index contributed by atoms with van der Waals surface area (Å²) in [5.41, 5.74) is 1.67. The number of hydrogen-bond donors (Lipinski definition) is 1. The van der Waals surface area contributed by atoms with Gasteiger partial charge < -0.3 is 5.32 Å². The Morgan fingerprint density at radius 2 is 1.76 bits per heavy atom. The summed E-state index contributed by atoms with van der Waals surface area (Å²) in [5, 5.41) is 11.7. The Kier molecular flexibility index (Phi) is 3.90. The molecule has 21 heavy (non-hydrogen) atoms. The minimum atomic E-state index is -4.55. The van der Waals surface area contributed by atoms with E-state index in [0.717, 1.165) is 22.9 Å². The summed E-state index contributed by atoms with van der Waals surface area (Å²) in [5.74, 6) is 0. The number of alkyl halides is 3. The van der Waals surface area contributed by atoms with Crippen LogP contribution in [0.3, 0.4) is 0 Å². The normalized spacial score (nSPS) is 11.0. The number of rotatable bonds is 2. The van der Waals surface area contributed by atoms with Crippen molar-refractivity contribution in [3.63, 3.8) is 0 Å². The van der Waals surface area contributed by atoms with Crippen LogP contribution in [0.4, 0.5) is 24.5 Å². The molecule has 0 heterocycles. The van der Waals surface area contributed by atoms with Crippen molar-refractivity contribution in [2.45, 2.75) is 20.0 Å². The lowest BCUT2D eigenvalue weighted by Crippen LogP contribution is -2.08. The molecule has 2 nitrogen and oxygen atoms in total. The molecule has 2 aromatic carbocycles. The van der Waals surface area contributed by atoms with Crippen molar-refractivity contribution >= 4 is 11.4 Å². The lowest BCUT2D eigenvalue weighted by atomic mass is 10.1. The predicted octanol–water partition coefficient (Wildman–Crippen LogP) is 4.94. The minimum absolute atomic E-state index is 0.301. The van der Waals surface area contributed by atoms with E-state index in [-0.39, 0.29) is 5.56 Å². The molecular weight excluding hydrogens is 277 g/mol. The van der Waals surface area contributed by atoms with E-state index in [9.17, 15) is 13.2 Å². The third kappa shape index (κ3) is 3.34. The van der Waals surface area contributed by atoms with Crippen molar-refractivity contribution in [2.75, 3.05) is 5.32 Å². The van der Waals surface area contributed by atoms with Crippen molar-refractivity contribution in [3.05, 3.63) is 58.7 Å². The van der Waals surface area contributed by atoms with Gasteiger partial charge in [-0.05, 0) is 49.2 Å². The molecule has 0 radical (unpaired) electrons. The van der Waals surface area contributed by atoms with Gasteiger partial charge in [0.05, 0.1) is 17.2 Å². The SMILES string of the molecule is Cc1ccc(C)c(Nc2ccc(C#N)c(C(F)(F)F)c2)c1. The van der Waals surface area contributed by atoms with Crippen LogP contribution in [-0.2, 0) is 6.18 Å². The third-order valence-electron chi connectivity index (χ3n) is 3.12. The van der Waals surface area contributed by atoms with Gasteiger partial charge in [0.15, 0.2) is 0 Å². The fourth-order valence-electron chi connectivity index (χ4n) is 1.98. The molecule has 0 aliphatic heterocycles. The first-order valence-corrected chi connectivity index (χ1v) is 6.27. The van der Waals surface area contributed by atoms with Crippen molar-refractivity contribution in [1.82, 2.24) is 0 Å². The number of anilines is 2. The van der Waals surface area contributed by atoms with Crippen LogP contribution in [0, 0.1) is 25.2 Å². The molecule has 2 aromatic rings. The van der Waals surface area contributed by atoms with Crippen LogP contribution in [0.1, 0.15) is 22.3 Å². The summed E-state index contributed by atoms with van der Waals surface area (Å²) in [6.07, 6.45) is -4.55. The predicted molar refractivity (Wildman–Crippen MR) is 75.4 cm³/mol. The molecule has 108 valence electrons. The molecule has 0 aromatic heterocycles. The highest BCUT2D eigenvalue weighted by Gasteiger charge is 2.33. The second-order valence-corrected chi connectivity index (χ2v) is 4.81. The van der Waals surface area contributed by atoms with E-state index in [1.165, 1.54) is 12.1 Å². The van der Waals surface area contributed by atoms with E-state index >= 15 is 0 Å². The summed E-state index contributed by atoms with van der Waals surface area (Å²) < 4.78 is 38.8. The first-order chi connectivity index (χ1) is 9.81. The molecule has 0 atom stereocenters. The molecule has 0 bridgehead atoms. The zero-order valence-corrected chi connectivity index (χ0v) is 11.5. The van der Waals surface area contributed by atoms with Crippen LogP contribution in [0.15, 0.2) is 36.4 Å². The van der Waals surface area contributed by atoms with Crippen LogP contribution in [-0.4, -0.2) is 0 Å². The Labute approximate surface area is 120 Å². The van der Waals surface area contributed by atoms with Gasteiger partial charge in [-0.25, -0.2) is 0 Å². The van der Waals surface area contributed by atoms with Crippen molar-refractivity contribution in [3.8, 4) is 6.07 Å². The van der Waals surface area contributed by atoms with Gasteiger partial charge in [-0.3, -0.25) is 0 Å². The fourth-order valence-corrected chi connectivity index (χ4v) is 1.98. The van der Waals surface area contributed by atoms with Gasteiger partial charge in [0, 0.05) is 11.4 Å². The van der Waals surface area contributed by atoms with Crippen LogP contribution >= 0.6 is 0 Å². The summed E-state index contributed by atoms with van der Waals surface area (Å²) in [6, 6.07) is 10.9. The van der Waals surface area contributed by atoms with Gasteiger partial charge in [0.2, 0.25) is 0 Å². The lowest BCUT2D eigenvalue weighted by molar-refractivity contribution is -0.137. The molecule has 0 aliphatic carbocycles. The minimum Gasteiger partial charge on any atom is -0.355 e. The van der Waals surface area contributed by atoms with E-state index in [1.54, 1.807) is 6.07 Å². The molecule has 1 N–H and O–H groups in total. The molecule has 5 heteroatoms. The number of nitrogens with one attached hydrogen (secondary N) is 1. The second kappa shape index (κ2) is 5.49. The molecule has 0 saturated carbocycles. The quantitative estimate of drug-likeness (QED) is 0.850. The summed E-state index contributed by atoms with van der Waals surface area (Å²) in [6.45, 7) is 3.78. The van der Waals surface area contributed by atoms with Crippen molar-refractivity contribution < 1.29 is 13.2 Å². The molecular formula is C16H13F3N2. The fraction of sp³-hybridized carbons (Fsp3) is 0.188. The number of halogens is 3. The number of nitriles is 1. The Balaban J connectivity index is 2.42. The van der Waals surface area contributed by atoms with E-state index in [2.05, 4.69) is 5.32 Å². The van der Waals surface area contributed by atoms with Crippen LogP contribution in [0.2, 0.25) is 0 Å². The maximum Gasteiger partial charge on any atom is 0.417 e. The van der Waals surface area contributed by atoms with E-state index in [4.69, 9.17) is 5.26 Å². The Morgan fingerprint density at radius 3 is 2.38 bits per heavy atom. The molecule has 0 fully saturated rings. The van der Waals surface area contributed by atoms with E-state index < -0.39 is 11.7 Å². The van der Waals surface area contributed by atoms with Crippen molar-refractivity contribution in [2.24, 2.45) is 0 Å². The van der Waals surface area contributed by atoms with Crippen LogP contribution in [0.5, 0.6) is 0 Å². The highest BCUT2D eigenvalue weighted by atomic mass is 19.4. The Morgan fingerprint density at radius 1 is 1.05 bits per heavy atom. The standard InChI is InChI=1S/C16H13F3N2/c1-10-3-4-11(2)15(7-10)21-13-6-5-12(9-20)14(8-13)16(17,18)19/h3-8,21H,1-2H3. The number of benzene rings is 2. The molecule has 0 saturated heterocycles. The average molecular weight is 290 g/mol. The highest BCUT2D eigenvalue weighted by Crippen LogP contribution is 2.34. The molecule has 0 aliphatic rings. The van der Waals surface area contributed by atoms with Gasteiger partial charge in [-0.1, -0.05) is 12.1 Å². The number of nitrogens with zero attached hydrogens (tertiary/aromatic N) is 1. The van der Waals surface area contributed by atoms with Gasteiger partial charge in [0.25, 0.3) is 0 Å². The van der Waals surface area contributed by atoms with Gasteiger partial charge in [-0.2, -0.15) is 18.4 Å². The monoisotopic (exact) mass is 290 g/mol. The zero-order chi connectivity index (χ0) is 15.6. The Hall–Kier alpha value is -2.48. The van der Waals surface area contributed by atoms with Gasteiger partial charge >= 0.3 is 6.18 Å². The van der Waals surface area contributed by atoms with E-state index in [1.807, 2.05) is 32.0 Å². The van der Waals surface area contributed by atoms with Crippen LogP contribution in [0.25, 0.3) is 0 Å². The topological polar surface area (TPSA) is 35.8 Å². The first kappa shape index (κ1) is 14.9. The average Bonchev–Trinajstić information content (AvgIpc) is 2.42. The zero-order valence-electron chi connectivity index (χ0n) is 11.5. The van der Waals surface area contributed by atoms with Gasteiger partial charge in [0.1, 0.15) is 0 Å². The largest absolute Gasteiger partial charge is 0.417 e. The molecule has 0 unspecified atom stereocenters. The maximum atomic E-state index is 12.9. The first-order valence-electron chi connectivity index (χ1n) is 6.27. The smallest absolute Gasteiger partial charge is 0.355 e. The number of aryl methyl sites for hydroxylation is 2. The van der Waals surface area contributed by atoms with Crippen molar-refractivity contribution in [1.29, 1.82) is 5.26 Å². The second-order valence-electron chi connectivity index (χ2n) is 4.81. The molecule has 2 rings (SSSR count). The molecule has 0 amide bonds. The maximum absolute atomic E-state index is 12.9. The Bertz CT molecular complexity index is 712. The van der Waals surface area contributed by atoms with Crippen LogP contribution < -0.4 is 5.32 Å². The summed E-state index contributed by atoms with van der Waals surface area (Å²) in [7, 11) is 0. The molecule has 0 spiro atoms. The third-order valence-corrected chi connectivity index (χ3v) is 3.12. The summed E-state index contributed by atoms with van der Waals surface area (Å²) >= 11 is 0. The lowest BCUT2D eigenvalue weighted by Gasteiger charge is -2.14. The van der Waals surface area contributed by atoms with Gasteiger partial charge in [-0.15, -0.1) is 0 Å². The highest BCUT2D eigenvalue weighted by molar-refractivity contribution is 5.65. The van der Waals surface area contributed by atoms with E-state index in [0.29, 0.717) is 5.69 Å². The summed E-state index contributed by atoms with van der Waals surface area (Å²) in [4.78, 5) is 0. The number of hydrogen-bond acceptors (Lipinski definition) is 2.